The number of aromatic nitrogens is 1. The summed E-state index contributed by atoms with van der Waals surface area (Å²) in [6.45, 7) is 5.42. The van der Waals surface area contributed by atoms with Crippen LogP contribution in [0, 0.1) is 0 Å². The molecule has 2 heterocycles. The molecule has 2 aromatic carbocycles. The molecule has 6 heteroatoms. The van der Waals surface area contributed by atoms with E-state index in [4.69, 9.17) is 18.9 Å². The molecule has 4 rings (SSSR count). The van der Waals surface area contributed by atoms with Crippen LogP contribution in [-0.2, 0) is 13.1 Å². The second kappa shape index (κ2) is 10.0. The zero-order valence-corrected chi connectivity index (χ0v) is 19.3. The van der Waals surface area contributed by atoms with Crippen LogP contribution in [-0.4, -0.2) is 43.9 Å². The highest BCUT2D eigenvalue weighted by molar-refractivity contribution is 5.58. The van der Waals surface area contributed by atoms with Crippen molar-refractivity contribution in [3.05, 3.63) is 71.5 Å². The van der Waals surface area contributed by atoms with Crippen molar-refractivity contribution in [2.24, 2.45) is 0 Å². The first-order valence-corrected chi connectivity index (χ1v) is 11.1. The molecule has 0 saturated carbocycles. The normalized spacial score (nSPS) is 16.2. The standard InChI is InChI=1S/C26H32N2O4/c1-5-32-20-10-6-9-19(17-20)18-28-16-8-15-27-14-7-11-22(27)24(28)21-12-13-23(29-2)26(31-4)25(21)30-3/h6-7,9-14,17,24H,5,8,15-16,18H2,1-4H3. The molecule has 0 radical (unpaired) electrons. The predicted octanol–water partition coefficient (Wildman–Crippen LogP) is 4.91. The molecular formula is C26H32N2O4. The van der Waals surface area contributed by atoms with Crippen LogP contribution in [0.3, 0.4) is 0 Å². The lowest BCUT2D eigenvalue weighted by atomic mass is 9.99. The lowest BCUT2D eigenvalue weighted by molar-refractivity contribution is 0.214. The molecule has 0 bridgehead atoms. The molecule has 0 spiro atoms. The first kappa shape index (κ1) is 22.1. The van der Waals surface area contributed by atoms with E-state index in [1.54, 1.807) is 21.3 Å². The molecule has 1 unspecified atom stereocenters. The Morgan fingerprint density at radius 2 is 1.75 bits per heavy atom. The Balaban J connectivity index is 1.80. The second-order valence-electron chi connectivity index (χ2n) is 7.86. The molecular weight excluding hydrogens is 404 g/mol. The molecule has 0 fully saturated rings. The summed E-state index contributed by atoms with van der Waals surface area (Å²) >= 11 is 0. The smallest absolute Gasteiger partial charge is 0.203 e. The SMILES string of the molecule is CCOc1cccc(CN2CCCn3cccc3C2c2ccc(OC)c(OC)c2OC)c1. The molecule has 170 valence electrons. The summed E-state index contributed by atoms with van der Waals surface area (Å²) in [7, 11) is 4.98. The van der Waals surface area contributed by atoms with E-state index in [0.717, 1.165) is 37.4 Å². The maximum absolute atomic E-state index is 5.88. The Kier molecular flexibility index (Phi) is 6.90. The average Bonchev–Trinajstić information content (AvgIpc) is 3.20. The molecule has 0 aliphatic carbocycles. The first-order chi connectivity index (χ1) is 15.7. The Hall–Kier alpha value is -3.12. The number of fused-ring (bicyclic) bond motifs is 1. The van der Waals surface area contributed by atoms with E-state index >= 15 is 0 Å². The fourth-order valence-corrected chi connectivity index (χ4v) is 4.64. The number of hydrogen-bond donors (Lipinski definition) is 0. The number of hydrogen-bond acceptors (Lipinski definition) is 5. The van der Waals surface area contributed by atoms with Crippen LogP contribution < -0.4 is 18.9 Å². The van der Waals surface area contributed by atoms with Gasteiger partial charge in [-0.15, -0.1) is 0 Å². The summed E-state index contributed by atoms with van der Waals surface area (Å²) in [6, 6.07) is 16.8. The van der Waals surface area contributed by atoms with Crippen LogP contribution >= 0.6 is 0 Å². The Labute approximate surface area is 190 Å². The predicted molar refractivity (Wildman–Crippen MR) is 125 cm³/mol. The quantitative estimate of drug-likeness (QED) is 0.502. The average molecular weight is 437 g/mol. The summed E-state index contributed by atoms with van der Waals surface area (Å²) in [5.74, 6) is 2.89. The third-order valence-corrected chi connectivity index (χ3v) is 5.98. The van der Waals surface area contributed by atoms with Crippen LogP contribution in [0.15, 0.2) is 54.7 Å². The summed E-state index contributed by atoms with van der Waals surface area (Å²) in [6.07, 6.45) is 3.23. The third kappa shape index (κ3) is 4.28. The summed E-state index contributed by atoms with van der Waals surface area (Å²) in [4.78, 5) is 2.51. The largest absolute Gasteiger partial charge is 0.494 e. The van der Waals surface area contributed by atoms with Gasteiger partial charge in [-0.3, -0.25) is 4.90 Å². The topological polar surface area (TPSA) is 45.1 Å². The molecule has 0 N–H and O–H groups in total. The molecule has 0 saturated heterocycles. The van der Waals surface area contributed by atoms with Crippen molar-refractivity contribution in [1.29, 1.82) is 0 Å². The van der Waals surface area contributed by atoms with Crippen molar-refractivity contribution >= 4 is 0 Å². The van der Waals surface area contributed by atoms with Gasteiger partial charge in [0.15, 0.2) is 11.5 Å². The number of nitrogens with zero attached hydrogens (tertiary/aromatic N) is 2. The van der Waals surface area contributed by atoms with Gasteiger partial charge >= 0.3 is 0 Å². The molecule has 1 aliphatic rings. The van der Waals surface area contributed by atoms with Crippen molar-refractivity contribution in [2.75, 3.05) is 34.5 Å². The minimum absolute atomic E-state index is 0.0120. The highest BCUT2D eigenvalue weighted by Gasteiger charge is 2.32. The summed E-state index contributed by atoms with van der Waals surface area (Å²) in [5.41, 5.74) is 3.53. The summed E-state index contributed by atoms with van der Waals surface area (Å²) < 4.78 is 25.2. The highest BCUT2D eigenvalue weighted by Crippen LogP contribution is 2.46. The number of benzene rings is 2. The molecule has 6 nitrogen and oxygen atoms in total. The van der Waals surface area contributed by atoms with Crippen LogP contribution in [0.4, 0.5) is 0 Å². The highest BCUT2D eigenvalue weighted by atomic mass is 16.5. The van der Waals surface area contributed by atoms with Crippen molar-refractivity contribution < 1.29 is 18.9 Å². The number of methoxy groups -OCH3 is 3. The maximum Gasteiger partial charge on any atom is 0.203 e. The minimum Gasteiger partial charge on any atom is -0.494 e. The van der Waals surface area contributed by atoms with Gasteiger partial charge in [-0.25, -0.2) is 0 Å². The fourth-order valence-electron chi connectivity index (χ4n) is 4.64. The van der Waals surface area contributed by atoms with Crippen LogP contribution in [0.25, 0.3) is 0 Å². The number of aryl methyl sites for hydroxylation is 1. The first-order valence-electron chi connectivity index (χ1n) is 11.1. The van der Waals surface area contributed by atoms with Crippen molar-refractivity contribution in [3.63, 3.8) is 0 Å². The van der Waals surface area contributed by atoms with Gasteiger partial charge in [0.25, 0.3) is 0 Å². The lowest BCUT2D eigenvalue weighted by Gasteiger charge is -2.32. The van der Waals surface area contributed by atoms with Gasteiger partial charge in [-0.05, 0) is 55.3 Å². The number of rotatable bonds is 8. The Morgan fingerprint density at radius 3 is 2.50 bits per heavy atom. The van der Waals surface area contributed by atoms with Crippen molar-refractivity contribution in [1.82, 2.24) is 9.47 Å². The zero-order valence-electron chi connectivity index (χ0n) is 19.3. The number of ether oxygens (including phenoxy) is 4. The zero-order chi connectivity index (χ0) is 22.5. The van der Waals surface area contributed by atoms with E-state index in [9.17, 15) is 0 Å². The molecule has 1 aromatic heterocycles. The Morgan fingerprint density at radius 1 is 0.906 bits per heavy atom. The van der Waals surface area contributed by atoms with E-state index < -0.39 is 0 Å². The van der Waals surface area contributed by atoms with Gasteiger partial charge in [-0.2, -0.15) is 0 Å². The van der Waals surface area contributed by atoms with Crippen LogP contribution in [0.5, 0.6) is 23.0 Å². The molecule has 1 aliphatic heterocycles. The van der Waals surface area contributed by atoms with Crippen LogP contribution in [0.2, 0.25) is 0 Å². The van der Waals surface area contributed by atoms with Crippen LogP contribution in [0.1, 0.15) is 36.2 Å². The molecule has 3 aromatic rings. The molecule has 0 amide bonds. The van der Waals surface area contributed by atoms with Gasteiger partial charge in [-0.1, -0.05) is 12.1 Å². The van der Waals surface area contributed by atoms with E-state index in [0.29, 0.717) is 23.9 Å². The van der Waals surface area contributed by atoms with E-state index in [-0.39, 0.29) is 6.04 Å². The lowest BCUT2D eigenvalue weighted by Crippen LogP contribution is -2.30. The maximum atomic E-state index is 5.88. The molecule has 32 heavy (non-hydrogen) atoms. The Bertz CT molecular complexity index is 1050. The van der Waals surface area contributed by atoms with E-state index in [1.807, 2.05) is 19.1 Å². The monoisotopic (exact) mass is 436 g/mol. The van der Waals surface area contributed by atoms with Gasteiger partial charge < -0.3 is 23.5 Å². The van der Waals surface area contributed by atoms with Gasteiger partial charge in [0.05, 0.1) is 34.0 Å². The fraction of sp³-hybridized carbons (Fsp3) is 0.385. The van der Waals surface area contributed by atoms with Gasteiger partial charge in [0, 0.05) is 37.1 Å². The molecule has 1 atom stereocenters. The van der Waals surface area contributed by atoms with Crippen molar-refractivity contribution in [3.8, 4) is 23.0 Å². The van der Waals surface area contributed by atoms with Gasteiger partial charge in [0.1, 0.15) is 5.75 Å². The van der Waals surface area contributed by atoms with E-state index in [2.05, 4.69) is 52.1 Å². The summed E-state index contributed by atoms with van der Waals surface area (Å²) in [5, 5.41) is 0. The minimum atomic E-state index is 0.0120. The van der Waals surface area contributed by atoms with Gasteiger partial charge in [0.2, 0.25) is 5.75 Å². The van der Waals surface area contributed by atoms with Crippen molar-refractivity contribution in [2.45, 2.75) is 32.5 Å². The third-order valence-electron chi connectivity index (χ3n) is 5.98. The van der Waals surface area contributed by atoms with E-state index in [1.165, 1.54) is 11.3 Å². The second-order valence-corrected chi connectivity index (χ2v) is 7.86.